The molecule has 0 nitrogen and oxygen atoms in total. The van der Waals surface area contributed by atoms with E-state index in [1.54, 1.807) is 27.4 Å². The molecule has 0 spiro atoms. The molecule has 43 heavy (non-hydrogen) atoms. The SMILES string of the molecule is CC(C)(C)c1ccc2[cH-]c3ccc(C(C)(C)C)cc3c2c1.CCC1=[C-]C(CC)C=C1C(C)(C)C.[Cl-].[Cl-].[Zr+2]=[C]1CCCCC1. The van der Waals surface area contributed by atoms with Gasteiger partial charge in [-0.15, -0.1) is 39.7 Å². The Morgan fingerprint density at radius 1 is 0.721 bits per heavy atom. The van der Waals surface area contributed by atoms with Crippen LogP contribution in [0.1, 0.15) is 132 Å². The van der Waals surface area contributed by atoms with Gasteiger partial charge >= 0.3 is 59.5 Å². The fraction of sp³-hybridized carbons (Fsp3) is 0.550. The van der Waals surface area contributed by atoms with Crippen LogP contribution in [-0.4, -0.2) is 3.21 Å². The summed E-state index contributed by atoms with van der Waals surface area (Å²) in [5.74, 6) is 0.573. The Balaban J connectivity index is 0.000000360. The predicted molar refractivity (Wildman–Crippen MR) is 181 cm³/mol. The van der Waals surface area contributed by atoms with Crippen molar-refractivity contribution >= 4 is 24.8 Å². The van der Waals surface area contributed by atoms with E-state index in [0.717, 1.165) is 6.42 Å². The van der Waals surface area contributed by atoms with Gasteiger partial charge in [-0.3, -0.25) is 6.08 Å². The molecule has 5 rings (SSSR count). The van der Waals surface area contributed by atoms with E-state index >= 15 is 0 Å². The molecule has 1 fully saturated rings. The maximum atomic E-state index is 3.57. The molecule has 0 aliphatic heterocycles. The van der Waals surface area contributed by atoms with Crippen molar-refractivity contribution in [3.63, 3.8) is 0 Å². The summed E-state index contributed by atoms with van der Waals surface area (Å²) in [6.45, 7) is 25.0. The van der Waals surface area contributed by atoms with Gasteiger partial charge in [-0.25, -0.2) is 5.57 Å². The van der Waals surface area contributed by atoms with Crippen LogP contribution in [-0.2, 0) is 35.1 Å². The van der Waals surface area contributed by atoms with Gasteiger partial charge in [0.2, 0.25) is 0 Å². The minimum atomic E-state index is 0. The zero-order valence-corrected chi connectivity index (χ0v) is 32.9. The third-order valence-electron chi connectivity index (χ3n) is 8.55. The fourth-order valence-corrected chi connectivity index (χ4v) is 6.64. The minimum absolute atomic E-state index is 0. The Kier molecular flexibility index (Phi) is 15.5. The second-order valence-electron chi connectivity index (χ2n) is 15.2. The molecular weight excluding hydrogens is 643 g/mol. The van der Waals surface area contributed by atoms with Crippen molar-refractivity contribution in [3.05, 3.63) is 76.9 Å². The van der Waals surface area contributed by atoms with Crippen LogP contribution in [0, 0.1) is 17.4 Å². The topological polar surface area (TPSA) is 0 Å². The fourth-order valence-electron chi connectivity index (χ4n) is 5.77. The van der Waals surface area contributed by atoms with E-state index in [0.29, 0.717) is 11.3 Å². The van der Waals surface area contributed by atoms with Gasteiger partial charge in [0.25, 0.3) is 0 Å². The van der Waals surface area contributed by atoms with E-state index < -0.39 is 0 Å². The summed E-state index contributed by atoms with van der Waals surface area (Å²) >= 11 is 1.69. The third-order valence-corrected chi connectivity index (χ3v) is 9.78. The van der Waals surface area contributed by atoms with Gasteiger partial charge in [0, 0.05) is 0 Å². The second-order valence-corrected chi connectivity index (χ2v) is 17.0. The van der Waals surface area contributed by atoms with Crippen LogP contribution in [0.15, 0.2) is 59.7 Å². The summed E-state index contributed by atoms with van der Waals surface area (Å²) in [4.78, 5) is 0. The zero-order chi connectivity index (χ0) is 30.6. The molecule has 236 valence electrons. The first-order chi connectivity index (χ1) is 19.0. The molecule has 0 N–H and O–H groups in total. The van der Waals surface area contributed by atoms with Gasteiger partial charge in [-0.05, 0) is 10.8 Å². The summed E-state index contributed by atoms with van der Waals surface area (Å²) in [7, 11) is 0. The number of benzene rings is 2. The molecule has 2 aliphatic rings. The first-order valence-corrected chi connectivity index (χ1v) is 17.3. The summed E-state index contributed by atoms with van der Waals surface area (Å²) in [5, 5.41) is 5.49. The first kappa shape index (κ1) is 40.1. The second kappa shape index (κ2) is 16.6. The molecule has 1 unspecified atom stereocenters. The average molecular weight is 699 g/mol. The van der Waals surface area contributed by atoms with Crippen LogP contribution in [0.4, 0.5) is 0 Å². The van der Waals surface area contributed by atoms with Gasteiger partial charge in [-0.1, -0.05) is 136 Å². The van der Waals surface area contributed by atoms with Crippen LogP contribution in [0.3, 0.4) is 0 Å². The zero-order valence-electron chi connectivity index (χ0n) is 28.9. The van der Waals surface area contributed by atoms with Crippen molar-refractivity contribution < 1.29 is 49.0 Å². The van der Waals surface area contributed by atoms with E-state index in [-0.39, 0.29) is 35.6 Å². The van der Waals surface area contributed by atoms with Gasteiger partial charge in [0.05, 0.1) is 0 Å². The van der Waals surface area contributed by atoms with Crippen molar-refractivity contribution in [1.29, 1.82) is 0 Å². The Morgan fingerprint density at radius 3 is 1.49 bits per heavy atom. The monoisotopic (exact) mass is 696 g/mol. The Bertz CT molecular complexity index is 1320. The quantitative estimate of drug-likeness (QED) is 0.283. The van der Waals surface area contributed by atoms with Crippen LogP contribution in [0.5, 0.6) is 0 Å². The molecule has 0 aromatic heterocycles. The number of allylic oxidation sites excluding steroid dienone is 4. The molecule has 0 heterocycles. The average Bonchev–Trinajstić information content (AvgIpc) is 3.49. The summed E-state index contributed by atoms with van der Waals surface area (Å²) in [5.41, 5.74) is 6.45. The van der Waals surface area contributed by atoms with E-state index in [2.05, 4.69) is 131 Å². The molecule has 2 aliphatic carbocycles. The van der Waals surface area contributed by atoms with Crippen molar-refractivity contribution in [2.75, 3.05) is 0 Å². The normalized spacial score (nSPS) is 17.1. The molecule has 1 saturated carbocycles. The standard InChI is InChI=1S/C21H25.C13H21.C6H10.2ClH.Zr/c1-20(2,3)16-9-7-14-11-15-8-10-17(21(4,5)6)13-19(15)18(14)12-16;1-6-10-8-11(7-2)12(9-10)13(3,4)5;1-2-4-6-5-3-1;;;/h7-13H,1-6H3;9-10H,6-7H2,1-5H3;1-5H2;2*1H;/q2*-1;;;;+2/p-2. The van der Waals surface area contributed by atoms with Crippen molar-refractivity contribution in [1.82, 2.24) is 0 Å². The van der Waals surface area contributed by atoms with Crippen LogP contribution < -0.4 is 24.8 Å². The molecular formula is C40H56Cl2Zr-2. The summed E-state index contributed by atoms with van der Waals surface area (Å²) in [6.07, 6.45) is 15.6. The maximum absolute atomic E-state index is 3.57. The third kappa shape index (κ3) is 11.2. The summed E-state index contributed by atoms with van der Waals surface area (Å²) < 4.78 is 1.80. The number of fused-ring (bicyclic) bond motifs is 3. The van der Waals surface area contributed by atoms with E-state index in [1.807, 2.05) is 0 Å². The molecule has 0 bridgehead atoms. The van der Waals surface area contributed by atoms with Crippen LogP contribution >= 0.6 is 0 Å². The molecule has 0 saturated heterocycles. The molecule has 0 amide bonds. The number of halogens is 2. The van der Waals surface area contributed by atoms with Crippen molar-refractivity contribution in [2.24, 2.45) is 11.3 Å². The number of hydrogen-bond acceptors (Lipinski definition) is 0. The summed E-state index contributed by atoms with van der Waals surface area (Å²) in [6, 6.07) is 16.1. The molecule has 0 radical (unpaired) electrons. The van der Waals surface area contributed by atoms with E-state index in [1.165, 1.54) is 82.3 Å². The first-order valence-electron chi connectivity index (χ1n) is 16.1. The Morgan fingerprint density at radius 2 is 1.19 bits per heavy atom. The molecule has 1 atom stereocenters. The van der Waals surface area contributed by atoms with Gasteiger partial charge in [-0.2, -0.15) is 11.6 Å². The molecule has 3 aromatic rings. The Labute approximate surface area is 292 Å². The van der Waals surface area contributed by atoms with E-state index in [9.17, 15) is 0 Å². The number of hydrogen-bond donors (Lipinski definition) is 0. The van der Waals surface area contributed by atoms with Gasteiger partial charge in [0.15, 0.2) is 0 Å². The van der Waals surface area contributed by atoms with Crippen molar-refractivity contribution in [2.45, 2.75) is 132 Å². The predicted octanol–water partition coefficient (Wildman–Crippen LogP) is 6.12. The van der Waals surface area contributed by atoms with Gasteiger partial charge < -0.3 is 24.8 Å². The van der Waals surface area contributed by atoms with Crippen molar-refractivity contribution in [3.8, 4) is 0 Å². The molecule has 3 heteroatoms. The van der Waals surface area contributed by atoms with Gasteiger partial charge in [0.1, 0.15) is 0 Å². The van der Waals surface area contributed by atoms with Crippen LogP contribution in [0.25, 0.3) is 21.5 Å². The number of rotatable bonds is 2. The van der Waals surface area contributed by atoms with Crippen LogP contribution in [0.2, 0.25) is 0 Å². The molecule has 3 aromatic carbocycles. The van der Waals surface area contributed by atoms with E-state index in [4.69, 9.17) is 0 Å². The Hall–Kier alpha value is -0.877.